The number of halogens is 1. The van der Waals surface area contributed by atoms with E-state index in [9.17, 15) is 14.7 Å². The summed E-state index contributed by atoms with van der Waals surface area (Å²) >= 11 is 6.04. The smallest absolute Gasteiger partial charge is 0.337 e. The van der Waals surface area contributed by atoms with Crippen LogP contribution >= 0.6 is 11.6 Å². The first-order chi connectivity index (χ1) is 15.8. The first-order valence-corrected chi connectivity index (χ1v) is 11.7. The van der Waals surface area contributed by atoms with Crippen molar-refractivity contribution in [3.05, 3.63) is 87.2 Å². The number of carbonyl (C=O) groups is 2. The van der Waals surface area contributed by atoms with Crippen LogP contribution in [0.4, 0.5) is 0 Å². The highest BCUT2D eigenvalue weighted by atomic mass is 35.5. The Balaban J connectivity index is 1.78. The Kier molecular flexibility index (Phi) is 6.61. The third-order valence-corrected chi connectivity index (χ3v) is 6.73. The van der Waals surface area contributed by atoms with Crippen molar-refractivity contribution in [3.8, 4) is 5.75 Å². The Labute approximate surface area is 199 Å². The largest absolute Gasteiger partial charge is 0.508 e. The van der Waals surface area contributed by atoms with Crippen molar-refractivity contribution in [1.29, 1.82) is 0 Å². The number of benzene rings is 2. The van der Waals surface area contributed by atoms with Gasteiger partial charge in [-0.2, -0.15) is 0 Å². The molecule has 0 unspecified atom stereocenters. The van der Waals surface area contributed by atoms with Crippen LogP contribution in [0, 0.1) is 0 Å². The molecule has 1 aliphatic heterocycles. The predicted octanol–water partition coefficient (Wildman–Crippen LogP) is 5.75. The van der Waals surface area contributed by atoms with Crippen LogP contribution < -0.4 is 5.32 Å². The molecule has 2 aliphatic rings. The van der Waals surface area contributed by atoms with E-state index in [-0.39, 0.29) is 23.6 Å². The van der Waals surface area contributed by atoms with Crippen LogP contribution in [0.2, 0.25) is 5.02 Å². The summed E-state index contributed by atoms with van der Waals surface area (Å²) in [6.45, 7) is 5.64. The van der Waals surface area contributed by atoms with Crippen molar-refractivity contribution in [2.75, 3.05) is 0 Å². The highest BCUT2D eigenvalue weighted by Gasteiger charge is 2.41. The molecule has 0 spiro atoms. The van der Waals surface area contributed by atoms with Gasteiger partial charge in [0.2, 0.25) is 0 Å². The maximum absolute atomic E-state index is 13.5. The molecule has 33 heavy (non-hydrogen) atoms. The number of hydrogen-bond donors (Lipinski definition) is 2. The molecule has 0 bridgehead atoms. The van der Waals surface area contributed by atoms with E-state index in [1.807, 2.05) is 51.1 Å². The molecule has 3 atom stereocenters. The summed E-state index contributed by atoms with van der Waals surface area (Å²) in [5, 5.41) is 14.1. The van der Waals surface area contributed by atoms with Crippen LogP contribution in [0.15, 0.2) is 71.1 Å². The Morgan fingerprint density at radius 2 is 1.91 bits per heavy atom. The number of carbonyl (C=O) groups excluding carboxylic acids is 2. The van der Waals surface area contributed by atoms with Crippen molar-refractivity contribution in [2.24, 2.45) is 0 Å². The molecule has 0 saturated heterocycles. The second-order valence-electron chi connectivity index (χ2n) is 8.79. The summed E-state index contributed by atoms with van der Waals surface area (Å²) in [4.78, 5) is 26.8. The van der Waals surface area contributed by atoms with Gasteiger partial charge < -0.3 is 15.2 Å². The standard InChI is InChI=1S/C27H28ClNO4/c1-4-15(2)33-27(32)24-16(3)29-22-13-19(17-8-10-20(28)11-9-17)14-23(31)26(22)25(24)18-6-5-7-21(30)12-18/h5-12,15,19,25,29-30H,4,13-14H2,1-3H3/t15-,19+,25-/m0/s1. The number of nitrogens with one attached hydrogen (secondary N) is 1. The van der Waals surface area contributed by atoms with E-state index in [0.29, 0.717) is 46.7 Å². The second kappa shape index (κ2) is 9.44. The zero-order valence-corrected chi connectivity index (χ0v) is 19.8. The lowest BCUT2D eigenvalue weighted by molar-refractivity contribution is -0.144. The van der Waals surface area contributed by atoms with E-state index in [0.717, 1.165) is 11.3 Å². The lowest BCUT2D eigenvalue weighted by atomic mass is 9.71. The van der Waals surface area contributed by atoms with Gasteiger partial charge in [0.25, 0.3) is 0 Å². The molecule has 5 nitrogen and oxygen atoms in total. The molecule has 2 aromatic rings. The molecule has 2 N–H and O–H groups in total. The highest BCUT2D eigenvalue weighted by Crippen LogP contribution is 2.46. The summed E-state index contributed by atoms with van der Waals surface area (Å²) in [5.74, 6) is -0.945. The second-order valence-corrected chi connectivity index (χ2v) is 9.22. The molecule has 4 rings (SSSR count). The van der Waals surface area contributed by atoms with Crippen molar-refractivity contribution in [2.45, 2.75) is 58.0 Å². The van der Waals surface area contributed by atoms with Gasteiger partial charge in [-0.05, 0) is 68.0 Å². The minimum Gasteiger partial charge on any atom is -0.508 e. The van der Waals surface area contributed by atoms with Crippen LogP contribution in [0.1, 0.15) is 63.0 Å². The number of esters is 1. The van der Waals surface area contributed by atoms with Gasteiger partial charge in [0.1, 0.15) is 5.75 Å². The van der Waals surface area contributed by atoms with E-state index in [2.05, 4.69) is 5.32 Å². The number of phenols is 1. The molecule has 6 heteroatoms. The van der Waals surface area contributed by atoms with Gasteiger partial charge in [-0.25, -0.2) is 4.79 Å². The molecule has 1 aliphatic carbocycles. The van der Waals surface area contributed by atoms with E-state index >= 15 is 0 Å². The highest BCUT2D eigenvalue weighted by molar-refractivity contribution is 6.30. The number of aromatic hydroxyl groups is 1. The van der Waals surface area contributed by atoms with E-state index in [4.69, 9.17) is 16.3 Å². The minimum atomic E-state index is -0.594. The lowest BCUT2D eigenvalue weighted by Crippen LogP contribution is -2.36. The van der Waals surface area contributed by atoms with Crippen molar-refractivity contribution < 1.29 is 19.4 Å². The Bertz CT molecular complexity index is 1150. The fourth-order valence-electron chi connectivity index (χ4n) is 4.65. The fraction of sp³-hybridized carbons (Fsp3) is 0.333. The molecular weight excluding hydrogens is 438 g/mol. The summed E-state index contributed by atoms with van der Waals surface area (Å²) in [6, 6.07) is 14.3. The topological polar surface area (TPSA) is 75.6 Å². The fourth-order valence-corrected chi connectivity index (χ4v) is 4.77. The molecular formula is C27H28ClNO4. The molecule has 172 valence electrons. The number of Topliss-reactive ketones (excluding diaryl/α,β-unsaturated/α-hetero) is 1. The molecule has 0 aromatic heterocycles. The Hall–Kier alpha value is -3.05. The van der Waals surface area contributed by atoms with Gasteiger partial charge in [-0.15, -0.1) is 0 Å². The molecule has 0 saturated carbocycles. The third kappa shape index (κ3) is 4.69. The molecule has 1 heterocycles. The van der Waals surface area contributed by atoms with Crippen molar-refractivity contribution in [1.82, 2.24) is 5.32 Å². The van der Waals surface area contributed by atoms with Gasteiger partial charge in [0, 0.05) is 34.3 Å². The number of ether oxygens (including phenoxy) is 1. The van der Waals surface area contributed by atoms with Crippen LogP contribution in [0.5, 0.6) is 5.75 Å². The quantitative estimate of drug-likeness (QED) is 0.550. The number of ketones is 1. The van der Waals surface area contributed by atoms with Gasteiger partial charge >= 0.3 is 5.97 Å². The van der Waals surface area contributed by atoms with Crippen LogP contribution in [-0.2, 0) is 14.3 Å². The number of rotatable bonds is 5. The number of allylic oxidation sites excluding steroid dienone is 3. The Morgan fingerprint density at radius 3 is 2.58 bits per heavy atom. The third-order valence-electron chi connectivity index (χ3n) is 6.48. The SMILES string of the molecule is CC[C@H](C)OC(=O)C1=C(C)NC2=C(C(=O)C[C@H](c3ccc(Cl)cc3)C2)[C@H]1c1cccc(O)c1. The van der Waals surface area contributed by atoms with Crippen LogP contribution in [-0.4, -0.2) is 23.0 Å². The first-order valence-electron chi connectivity index (χ1n) is 11.3. The zero-order valence-electron chi connectivity index (χ0n) is 19.0. The average molecular weight is 466 g/mol. The average Bonchev–Trinajstić information content (AvgIpc) is 2.78. The van der Waals surface area contributed by atoms with Crippen molar-refractivity contribution in [3.63, 3.8) is 0 Å². The summed E-state index contributed by atoms with van der Waals surface area (Å²) in [7, 11) is 0. The van der Waals surface area contributed by atoms with Crippen LogP contribution in [0.25, 0.3) is 0 Å². The number of phenolic OH excluding ortho intramolecular Hbond substituents is 1. The number of hydrogen-bond acceptors (Lipinski definition) is 5. The van der Waals surface area contributed by atoms with E-state index in [1.165, 1.54) is 0 Å². The molecule has 2 aromatic carbocycles. The van der Waals surface area contributed by atoms with E-state index in [1.54, 1.807) is 18.2 Å². The van der Waals surface area contributed by atoms with Gasteiger partial charge in [0.15, 0.2) is 5.78 Å². The predicted molar refractivity (Wildman–Crippen MR) is 128 cm³/mol. The molecule has 0 amide bonds. The maximum atomic E-state index is 13.5. The van der Waals surface area contributed by atoms with Gasteiger partial charge in [0.05, 0.1) is 11.7 Å². The van der Waals surface area contributed by atoms with Crippen molar-refractivity contribution >= 4 is 23.4 Å². The Morgan fingerprint density at radius 1 is 1.18 bits per heavy atom. The zero-order chi connectivity index (χ0) is 23.7. The first kappa shape index (κ1) is 23.1. The summed E-state index contributed by atoms with van der Waals surface area (Å²) in [5.41, 5.74) is 4.22. The minimum absolute atomic E-state index is 0.0154. The number of dihydropyridines is 1. The lowest BCUT2D eigenvalue weighted by Gasteiger charge is -2.37. The normalized spacial score (nSPS) is 21.4. The molecule has 0 radical (unpaired) electrons. The summed E-state index contributed by atoms with van der Waals surface area (Å²) in [6.07, 6.45) is 1.43. The monoisotopic (exact) mass is 465 g/mol. The summed E-state index contributed by atoms with van der Waals surface area (Å²) < 4.78 is 5.66. The maximum Gasteiger partial charge on any atom is 0.337 e. The molecule has 0 fully saturated rings. The van der Waals surface area contributed by atoms with Gasteiger partial charge in [-0.3, -0.25) is 4.79 Å². The van der Waals surface area contributed by atoms with Gasteiger partial charge in [-0.1, -0.05) is 42.8 Å². The van der Waals surface area contributed by atoms with E-state index < -0.39 is 11.9 Å². The van der Waals surface area contributed by atoms with Crippen LogP contribution in [0.3, 0.4) is 0 Å².